The van der Waals surface area contributed by atoms with Crippen LogP contribution in [0.4, 0.5) is 21.7 Å². The molecule has 2 amide bonds. The second kappa shape index (κ2) is 7.10. The zero-order chi connectivity index (χ0) is 20.8. The molecule has 2 aromatic heterocycles. The number of benzene rings is 1. The molecular formula is C20H16ClFN6O2. The highest BCUT2D eigenvalue weighted by Gasteiger charge is 2.26. The minimum absolute atomic E-state index is 0.00379. The van der Waals surface area contributed by atoms with Gasteiger partial charge in [-0.1, -0.05) is 17.7 Å². The number of halogens is 2. The Balaban J connectivity index is 1.59. The summed E-state index contributed by atoms with van der Waals surface area (Å²) >= 11 is 5.88. The van der Waals surface area contributed by atoms with Crippen molar-refractivity contribution in [1.82, 2.24) is 19.9 Å². The van der Waals surface area contributed by atoms with Crippen molar-refractivity contribution in [3.63, 3.8) is 0 Å². The fraction of sp³-hybridized carbons (Fsp3) is 0.200. The van der Waals surface area contributed by atoms with E-state index in [1.165, 1.54) is 6.07 Å². The monoisotopic (exact) mass is 426 g/mol. The third-order valence-electron chi connectivity index (χ3n) is 4.87. The van der Waals surface area contributed by atoms with E-state index in [-0.39, 0.29) is 23.0 Å². The van der Waals surface area contributed by atoms with Crippen LogP contribution in [0.3, 0.4) is 0 Å². The van der Waals surface area contributed by atoms with Crippen LogP contribution in [0.25, 0.3) is 11.7 Å². The van der Waals surface area contributed by atoms with E-state index in [0.29, 0.717) is 34.5 Å². The number of nitrogens with zero attached hydrogens (tertiary/aromatic N) is 3. The van der Waals surface area contributed by atoms with Crippen LogP contribution in [-0.4, -0.2) is 32.5 Å². The van der Waals surface area contributed by atoms with Crippen molar-refractivity contribution in [2.24, 2.45) is 0 Å². The Morgan fingerprint density at radius 3 is 2.87 bits per heavy atom. The summed E-state index contributed by atoms with van der Waals surface area (Å²) in [6, 6.07) is 6.75. The molecule has 0 spiro atoms. The fourth-order valence-corrected chi connectivity index (χ4v) is 3.41. The summed E-state index contributed by atoms with van der Waals surface area (Å²) in [6.07, 6.45) is 5.29. The van der Waals surface area contributed by atoms with Crippen molar-refractivity contribution in [2.45, 2.75) is 25.3 Å². The normalized spacial score (nSPS) is 17.6. The molecule has 1 aliphatic carbocycles. The van der Waals surface area contributed by atoms with E-state index in [0.717, 1.165) is 12.8 Å². The molecule has 0 radical (unpaired) electrons. The molecule has 30 heavy (non-hydrogen) atoms. The smallest absolute Gasteiger partial charge is 0.254 e. The lowest BCUT2D eigenvalue weighted by Gasteiger charge is -2.12. The van der Waals surface area contributed by atoms with E-state index in [1.807, 2.05) is 0 Å². The zero-order valence-corrected chi connectivity index (χ0v) is 16.3. The van der Waals surface area contributed by atoms with E-state index < -0.39 is 11.7 Å². The molecule has 5 rings (SSSR count). The summed E-state index contributed by atoms with van der Waals surface area (Å²) in [6.45, 7) is 0. The molecular weight excluding hydrogens is 411 g/mol. The number of amides is 2. The minimum Gasteiger partial charge on any atom is -0.367 e. The molecule has 10 heteroatoms. The van der Waals surface area contributed by atoms with Crippen molar-refractivity contribution >= 4 is 52.5 Å². The van der Waals surface area contributed by atoms with Gasteiger partial charge in [0.05, 0.1) is 23.3 Å². The molecule has 0 atom stereocenters. The lowest BCUT2D eigenvalue weighted by molar-refractivity contribution is -0.124. The van der Waals surface area contributed by atoms with Gasteiger partial charge >= 0.3 is 0 Å². The summed E-state index contributed by atoms with van der Waals surface area (Å²) < 4.78 is 16.0. The number of hydrogen-bond donors (Lipinski definition) is 3. The number of fused-ring (bicyclic) bond motifs is 1. The van der Waals surface area contributed by atoms with Crippen LogP contribution in [0.15, 0.2) is 36.0 Å². The maximum Gasteiger partial charge on any atom is 0.254 e. The highest BCUT2D eigenvalue weighted by Crippen LogP contribution is 2.30. The molecule has 2 aliphatic rings. The molecule has 0 unspecified atom stereocenters. The van der Waals surface area contributed by atoms with E-state index in [1.54, 1.807) is 35.0 Å². The summed E-state index contributed by atoms with van der Waals surface area (Å²) in [5.74, 6) is -0.269. The molecule has 0 bridgehead atoms. The van der Waals surface area contributed by atoms with Crippen molar-refractivity contribution < 1.29 is 14.0 Å². The number of nitrogens with one attached hydrogen (secondary N) is 3. The number of imide groups is 1. The van der Waals surface area contributed by atoms with E-state index in [2.05, 4.69) is 26.0 Å². The Kier molecular flexibility index (Phi) is 4.39. The van der Waals surface area contributed by atoms with Gasteiger partial charge in [0.2, 0.25) is 5.91 Å². The largest absolute Gasteiger partial charge is 0.367 e. The average molecular weight is 427 g/mol. The second-order valence-electron chi connectivity index (χ2n) is 7.23. The topological polar surface area (TPSA) is 100 Å². The van der Waals surface area contributed by atoms with Crippen LogP contribution in [0.5, 0.6) is 0 Å². The molecule has 3 aromatic rings. The molecule has 1 aromatic carbocycles. The fourth-order valence-electron chi connectivity index (χ4n) is 3.23. The molecule has 2 fully saturated rings. The van der Waals surface area contributed by atoms with Crippen LogP contribution in [0.1, 0.15) is 24.8 Å². The highest BCUT2D eigenvalue weighted by molar-refractivity contribution is 6.31. The van der Waals surface area contributed by atoms with Crippen molar-refractivity contribution in [2.75, 3.05) is 10.6 Å². The molecule has 8 nitrogen and oxygen atoms in total. The third kappa shape index (κ3) is 3.48. The van der Waals surface area contributed by atoms with Gasteiger partial charge in [-0.15, -0.1) is 0 Å². The predicted octanol–water partition coefficient (Wildman–Crippen LogP) is 3.27. The first-order chi connectivity index (χ1) is 14.5. The molecule has 1 saturated heterocycles. The Labute approximate surface area is 175 Å². The van der Waals surface area contributed by atoms with E-state index >= 15 is 0 Å². The van der Waals surface area contributed by atoms with Gasteiger partial charge in [0.1, 0.15) is 11.6 Å². The molecule has 152 valence electrons. The number of hydrogen-bond acceptors (Lipinski definition) is 6. The van der Waals surface area contributed by atoms with Crippen LogP contribution in [0, 0.1) is 5.82 Å². The van der Waals surface area contributed by atoms with Gasteiger partial charge < -0.3 is 10.6 Å². The van der Waals surface area contributed by atoms with Crippen molar-refractivity contribution in [3.8, 4) is 0 Å². The van der Waals surface area contributed by atoms with Crippen LogP contribution < -0.4 is 16.0 Å². The van der Waals surface area contributed by atoms with Crippen molar-refractivity contribution in [3.05, 3.63) is 52.4 Å². The third-order valence-corrected chi connectivity index (χ3v) is 5.16. The Morgan fingerprint density at radius 2 is 2.13 bits per heavy atom. The first-order valence-corrected chi connectivity index (χ1v) is 9.77. The highest BCUT2D eigenvalue weighted by atomic mass is 35.5. The minimum atomic E-state index is -0.575. The van der Waals surface area contributed by atoms with E-state index in [9.17, 15) is 14.0 Å². The molecule has 3 N–H and O–H groups in total. The van der Waals surface area contributed by atoms with Gasteiger partial charge in [-0.2, -0.15) is 9.61 Å². The average Bonchev–Trinajstić information content (AvgIpc) is 3.34. The van der Waals surface area contributed by atoms with Crippen molar-refractivity contribution in [1.29, 1.82) is 0 Å². The molecule has 1 saturated carbocycles. The summed E-state index contributed by atoms with van der Waals surface area (Å²) in [4.78, 5) is 28.0. The lowest BCUT2D eigenvalue weighted by Crippen LogP contribution is -2.19. The molecule has 1 aliphatic heterocycles. The van der Waals surface area contributed by atoms with Gasteiger partial charge in [0, 0.05) is 23.2 Å². The van der Waals surface area contributed by atoms with Gasteiger partial charge in [-0.3, -0.25) is 14.9 Å². The Morgan fingerprint density at radius 1 is 1.30 bits per heavy atom. The number of carbonyl (C=O) groups excluding carboxylic acids is 2. The second-order valence-corrected chi connectivity index (χ2v) is 7.64. The maximum atomic E-state index is 14.4. The van der Waals surface area contributed by atoms with Crippen LogP contribution >= 0.6 is 11.6 Å². The number of carbonyl (C=O) groups is 2. The Hall–Kier alpha value is -3.46. The first-order valence-electron chi connectivity index (χ1n) is 9.39. The van der Waals surface area contributed by atoms with E-state index in [4.69, 9.17) is 11.6 Å². The number of rotatable bonds is 5. The number of anilines is 3. The van der Waals surface area contributed by atoms with Crippen LogP contribution in [-0.2, 0) is 9.59 Å². The van der Waals surface area contributed by atoms with Gasteiger partial charge in [0.25, 0.3) is 5.91 Å². The molecule has 3 heterocycles. The summed E-state index contributed by atoms with van der Waals surface area (Å²) in [7, 11) is 0. The van der Waals surface area contributed by atoms with Gasteiger partial charge in [-0.05, 0) is 31.1 Å². The van der Waals surface area contributed by atoms with Crippen LogP contribution in [0.2, 0.25) is 5.02 Å². The first kappa shape index (κ1) is 18.6. The Bertz CT molecular complexity index is 1230. The predicted molar refractivity (Wildman–Crippen MR) is 110 cm³/mol. The SMILES string of the molecule is O=C1CC(=Cc2cnn3c(NC4CC4)cc(Nc4cccc(Cl)c4F)nc23)C(=O)N1. The quantitative estimate of drug-likeness (QED) is 0.427. The summed E-state index contributed by atoms with van der Waals surface area (Å²) in [5, 5.41) is 13.0. The van der Waals surface area contributed by atoms with Gasteiger partial charge in [0.15, 0.2) is 11.5 Å². The summed E-state index contributed by atoms with van der Waals surface area (Å²) in [5.41, 5.74) is 1.57. The zero-order valence-electron chi connectivity index (χ0n) is 15.6. The maximum absolute atomic E-state index is 14.4. The van der Waals surface area contributed by atoms with Gasteiger partial charge in [-0.25, -0.2) is 9.37 Å². The standard InChI is InChI=1S/C20H16ClFN6O2/c21-13-2-1-3-14(18(13)22)25-15-8-16(24-12-4-5-12)28-19(26-15)11(9-23-28)6-10-7-17(29)27-20(10)30/h1-3,6,8-9,12,24H,4-5,7H2,(H,25,26)(H,27,29,30). The lowest BCUT2D eigenvalue weighted by atomic mass is 10.1. The number of aromatic nitrogens is 3.